The Morgan fingerprint density at radius 3 is 2.57 bits per heavy atom. The number of sulfonamides is 1. The summed E-state index contributed by atoms with van der Waals surface area (Å²) in [5, 5.41) is 5.63. The number of benzene rings is 1. The number of aromatic nitrogens is 1. The van der Waals surface area contributed by atoms with Gasteiger partial charge in [0, 0.05) is 36.2 Å². The largest absolute Gasteiger partial charge is 0.360 e. The number of H-pyrrole nitrogens is 1. The molecule has 1 fully saturated rings. The normalized spacial score (nSPS) is 16.0. The summed E-state index contributed by atoms with van der Waals surface area (Å²) in [6.45, 7) is 0.433. The Hall–Kier alpha value is -2.72. The standard InChI is InChI=1S/C18H22N4O5S/c1-28(26,27)22-8-6-12(7-9-22)21-16(23)11-20-18(25)14-10-19-15-5-3-2-4-13(15)17(14)24/h2-5,10,12H,6-9,11H2,1H3,(H,19,24)(H,20,25)(H,21,23). The molecule has 0 atom stereocenters. The Morgan fingerprint density at radius 1 is 1.21 bits per heavy atom. The molecule has 2 amide bonds. The van der Waals surface area contributed by atoms with E-state index in [1.807, 2.05) is 0 Å². The topological polar surface area (TPSA) is 128 Å². The number of piperidine rings is 1. The highest BCUT2D eigenvalue weighted by molar-refractivity contribution is 7.88. The molecule has 0 bridgehead atoms. The first kappa shape index (κ1) is 20.0. The lowest BCUT2D eigenvalue weighted by Gasteiger charge is -2.30. The minimum atomic E-state index is -3.22. The van der Waals surface area contributed by atoms with Gasteiger partial charge in [0.15, 0.2) is 0 Å². The average Bonchev–Trinajstić information content (AvgIpc) is 2.66. The van der Waals surface area contributed by atoms with Gasteiger partial charge in [-0.15, -0.1) is 0 Å². The number of hydrogen-bond donors (Lipinski definition) is 3. The molecular weight excluding hydrogens is 384 g/mol. The summed E-state index contributed by atoms with van der Waals surface area (Å²) in [6, 6.07) is 6.71. The molecule has 0 radical (unpaired) electrons. The number of carbonyl (C=O) groups is 2. The fourth-order valence-corrected chi connectivity index (χ4v) is 4.08. The van der Waals surface area contributed by atoms with Crippen molar-refractivity contribution in [2.45, 2.75) is 18.9 Å². The van der Waals surface area contributed by atoms with Crippen molar-refractivity contribution in [2.75, 3.05) is 25.9 Å². The number of amides is 2. The van der Waals surface area contributed by atoms with E-state index in [1.54, 1.807) is 24.3 Å². The lowest BCUT2D eigenvalue weighted by Crippen LogP contribution is -2.48. The number of aromatic amines is 1. The van der Waals surface area contributed by atoms with Crippen LogP contribution in [0.1, 0.15) is 23.2 Å². The van der Waals surface area contributed by atoms with E-state index >= 15 is 0 Å². The van der Waals surface area contributed by atoms with E-state index in [2.05, 4.69) is 15.6 Å². The van der Waals surface area contributed by atoms with Crippen LogP contribution in [0, 0.1) is 0 Å². The fourth-order valence-electron chi connectivity index (χ4n) is 3.20. The number of pyridine rings is 1. The molecule has 10 heteroatoms. The number of fused-ring (bicyclic) bond motifs is 1. The minimum Gasteiger partial charge on any atom is -0.360 e. The zero-order chi connectivity index (χ0) is 20.3. The SMILES string of the molecule is CS(=O)(=O)N1CCC(NC(=O)CNC(=O)c2c[nH]c3ccccc3c2=O)CC1. The molecule has 0 saturated carbocycles. The molecule has 2 heterocycles. The van der Waals surface area contributed by atoms with Crippen LogP contribution in [0.4, 0.5) is 0 Å². The summed E-state index contributed by atoms with van der Waals surface area (Å²) >= 11 is 0. The number of nitrogens with zero attached hydrogens (tertiary/aromatic N) is 1. The van der Waals surface area contributed by atoms with Gasteiger partial charge in [-0.1, -0.05) is 12.1 Å². The van der Waals surface area contributed by atoms with Crippen LogP contribution < -0.4 is 16.1 Å². The number of nitrogens with one attached hydrogen (secondary N) is 3. The molecule has 3 N–H and O–H groups in total. The third-order valence-corrected chi connectivity index (χ3v) is 6.03. The van der Waals surface area contributed by atoms with E-state index < -0.39 is 21.4 Å². The molecule has 1 aromatic heterocycles. The predicted molar refractivity (Wildman–Crippen MR) is 104 cm³/mol. The summed E-state index contributed by atoms with van der Waals surface area (Å²) < 4.78 is 24.4. The zero-order valence-corrected chi connectivity index (χ0v) is 16.2. The predicted octanol–water partition coefficient (Wildman–Crippen LogP) is -0.202. The smallest absolute Gasteiger partial charge is 0.257 e. The maximum Gasteiger partial charge on any atom is 0.257 e. The lowest BCUT2D eigenvalue weighted by molar-refractivity contribution is -0.121. The second kappa shape index (κ2) is 8.11. The van der Waals surface area contributed by atoms with Crippen LogP contribution in [0.5, 0.6) is 0 Å². The summed E-state index contributed by atoms with van der Waals surface area (Å²) in [7, 11) is -3.22. The third-order valence-electron chi connectivity index (χ3n) is 4.73. The molecule has 9 nitrogen and oxygen atoms in total. The number of carbonyl (C=O) groups excluding carboxylic acids is 2. The highest BCUT2D eigenvalue weighted by atomic mass is 32.2. The molecule has 2 aromatic rings. The van der Waals surface area contributed by atoms with Crippen LogP contribution in [-0.4, -0.2) is 61.5 Å². The molecule has 3 rings (SSSR count). The Morgan fingerprint density at radius 2 is 1.89 bits per heavy atom. The highest BCUT2D eigenvalue weighted by Crippen LogP contribution is 2.13. The van der Waals surface area contributed by atoms with Gasteiger partial charge in [-0.2, -0.15) is 0 Å². The van der Waals surface area contributed by atoms with Crippen molar-refractivity contribution in [2.24, 2.45) is 0 Å². The first-order valence-electron chi connectivity index (χ1n) is 8.89. The summed E-state index contributed by atoms with van der Waals surface area (Å²) in [5.74, 6) is -1.02. The van der Waals surface area contributed by atoms with Crippen LogP contribution in [0.15, 0.2) is 35.3 Å². The van der Waals surface area contributed by atoms with Gasteiger partial charge in [0.2, 0.25) is 21.4 Å². The third kappa shape index (κ3) is 4.57. The first-order valence-corrected chi connectivity index (χ1v) is 10.7. The van der Waals surface area contributed by atoms with Gasteiger partial charge in [-0.3, -0.25) is 14.4 Å². The Kier molecular flexibility index (Phi) is 5.80. The highest BCUT2D eigenvalue weighted by Gasteiger charge is 2.25. The second-order valence-electron chi connectivity index (χ2n) is 6.76. The zero-order valence-electron chi connectivity index (χ0n) is 15.4. The molecule has 1 aliphatic rings. The molecule has 150 valence electrons. The van der Waals surface area contributed by atoms with Gasteiger partial charge < -0.3 is 15.6 Å². The van der Waals surface area contributed by atoms with Crippen LogP contribution in [0.2, 0.25) is 0 Å². The molecular formula is C18H22N4O5S. The van der Waals surface area contributed by atoms with Crippen molar-refractivity contribution < 1.29 is 18.0 Å². The summed E-state index contributed by atoms with van der Waals surface area (Å²) in [6.07, 6.45) is 3.52. The molecule has 1 aliphatic heterocycles. The van der Waals surface area contributed by atoms with Gasteiger partial charge in [0.1, 0.15) is 5.56 Å². The number of rotatable bonds is 5. The number of hydrogen-bond acceptors (Lipinski definition) is 5. The Balaban J connectivity index is 1.53. The minimum absolute atomic E-state index is 0.0621. The van der Waals surface area contributed by atoms with Crippen molar-refractivity contribution in [1.29, 1.82) is 0 Å². The molecule has 0 aliphatic carbocycles. The lowest BCUT2D eigenvalue weighted by atomic mass is 10.1. The van der Waals surface area contributed by atoms with Crippen molar-refractivity contribution >= 4 is 32.7 Å². The van der Waals surface area contributed by atoms with Gasteiger partial charge in [0.25, 0.3) is 5.91 Å². The number of para-hydroxylation sites is 1. The van der Waals surface area contributed by atoms with Crippen molar-refractivity contribution in [3.63, 3.8) is 0 Å². The van der Waals surface area contributed by atoms with Gasteiger partial charge in [-0.05, 0) is 25.0 Å². The maximum atomic E-state index is 12.4. The van der Waals surface area contributed by atoms with E-state index in [1.165, 1.54) is 10.5 Å². The van der Waals surface area contributed by atoms with E-state index in [0.29, 0.717) is 36.8 Å². The molecule has 1 aromatic carbocycles. The monoisotopic (exact) mass is 406 g/mol. The van der Waals surface area contributed by atoms with E-state index in [9.17, 15) is 22.8 Å². The van der Waals surface area contributed by atoms with E-state index in [4.69, 9.17) is 0 Å². The van der Waals surface area contributed by atoms with Crippen molar-refractivity contribution in [3.05, 3.63) is 46.2 Å². The van der Waals surface area contributed by atoms with Gasteiger partial charge in [0.05, 0.1) is 12.8 Å². The van der Waals surface area contributed by atoms with Gasteiger partial charge in [-0.25, -0.2) is 12.7 Å². The van der Waals surface area contributed by atoms with E-state index in [0.717, 1.165) is 6.26 Å². The Bertz CT molecular complexity index is 1060. The molecule has 28 heavy (non-hydrogen) atoms. The Labute approximate surface area is 162 Å². The van der Waals surface area contributed by atoms with Gasteiger partial charge >= 0.3 is 0 Å². The maximum absolute atomic E-state index is 12.4. The molecule has 0 unspecified atom stereocenters. The molecule has 1 saturated heterocycles. The van der Waals surface area contributed by atoms with Crippen LogP contribution in [0.3, 0.4) is 0 Å². The van der Waals surface area contributed by atoms with E-state index in [-0.39, 0.29) is 24.1 Å². The average molecular weight is 406 g/mol. The van der Waals surface area contributed by atoms with Crippen LogP contribution in [-0.2, 0) is 14.8 Å². The molecule has 0 spiro atoms. The summed E-state index contributed by atoms with van der Waals surface area (Å²) in [5.41, 5.74) is 0.163. The van der Waals surface area contributed by atoms with Crippen molar-refractivity contribution in [3.8, 4) is 0 Å². The fraction of sp³-hybridized carbons (Fsp3) is 0.389. The summed E-state index contributed by atoms with van der Waals surface area (Å²) in [4.78, 5) is 39.7. The van der Waals surface area contributed by atoms with Crippen molar-refractivity contribution in [1.82, 2.24) is 19.9 Å². The second-order valence-corrected chi connectivity index (χ2v) is 8.75. The quantitative estimate of drug-likeness (QED) is 0.633. The first-order chi connectivity index (χ1) is 13.3. The van der Waals surface area contributed by atoms with Crippen LogP contribution >= 0.6 is 0 Å². The van der Waals surface area contributed by atoms with Crippen LogP contribution in [0.25, 0.3) is 10.9 Å².